The number of hydrogen-bond donors (Lipinski definition) is 1. The summed E-state index contributed by atoms with van der Waals surface area (Å²) in [4.78, 5) is 11.5. The summed E-state index contributed by atoms with van der Waals surface area (Å²) in [7, 11) is 3.21. The van der Waals surface area contributed by atoms with Crippen molar-refractivity contribution in [2.45, 2.75) is 19.4 Å². The second-order valence-electron chi connectivity index (χ2n) is 3.36. The van der Waals surface area contributed by atoms with Gasteiger partial charge in [-0.15, -0.1) is 0 Å². The molecule has 84 valence electrons. The average Bonchev–Trinajstić information content (AvgIpc) is 2.65. The number of carbonyl (C=O) groups is 1. The monoisotopic (exact) mass is 211 g/mol. The second kappa shape index (κ2) is 5.50. The molecule has 0 amide bonds. The zero-order valence-corrected chi connectivity index (χ0v) is 9.36. The van der Waals surface area contributed by atoms with E-state index in [0.29, 0.717) is 0 Å². The Morgan fingerprint density at radius 2 is 2.47 bits per heavy atom. The van der Waals surface area contributed by atoms with E-state index in [0.717, 1.165) is 18.5 Å². The molecule has 0 saturated carbocycles. The van der Waals surface area contributed by atoms with Crippen LogP contribution in [0.4, 0.5) is 0 Å². The van der Waals surface area contributed by atoms with Crippen LogP contribution in [0.1, 0.15) is 24.9 Å². The standard InChI is InChI=1S/C10H17N3O2/c1-4-5-11-9(10(14)15-3)8-6-12-13(2)7-8/h6-7,9,11H,4-5H2,1-3H3/t9-/m1/s1. The van der Waals surface area contributed by atoms with Gasteiger partial charge in [0.2, 0.25) is 0 Å². The number of rotatable bonds is 5. The summed E-state index contributed by atoms with van der Waals surface area (Å²) in [6.45, 7) is 2.82. The zero-order chi connectivity index (χ0) is 11.3. The Labute approximate surface area is 89.4 Å². The maximum absolute atomic E-state index is 11.5. The zero-order valence-electron chi connectivity index (χ0n) is 9.36. The number of carbonyl (C=O) groups excluding carboxylic acids is 1. The lowest BCUT2D eigenvalue weighted by atomic mass is 10.1. The average molecular weight is 211 g/mol. The van der Waals surface area contributed by atoms with E-state index in [4.69, 9.17) is 4.74 Å². The molecule has 0 fully saturated rings. The van der Waals surface area contributed by atoms with Crippen LogP contribution in [0.3, 0.4) is 0 Å². The molecule has 0 saturated heterocycles. The predicted molar refractivity (Wildman–Crippen MR) is 56.3 cm³/mol. The Morgan fingerprint density at radius 1 is 1.73 bits per heavy atom. The molecule has 15 heavy (non-hydrogen) atoms. The van der Waals surface area contributed by atoms with Crippen LogP contribution in [-0.2, 0) is 16.6 Å². The van der Waals surface area contributed by atoms with Crippen molar-refractivity contribution in [2.24, 2.45) is 7.05 Å². The first kappa shape index (κ1) is 11.7. The van der Waals surface area contributed by atoms with Crippen molar-refractivity contribution in [2.75, 3.05) is 13.7 Å². The number of hydrogen-bond acceptors (Lipinski definition) is 4. The van der Waals surface area contributed by atoms with Crippen molar-refractivity contribution in [3.8, 4) is 0 Å². The minimum absolute atomic E-state index is 0.281. The minimum atomic E-state index is -0.413. The molecule has 0 unspecified atom stereocenters. The van der Waals surface area contributed by atoms with Crippen molar-refractivity contribution in [1.82, 2.24) is 15.1 Å². The molecule has 1 atom stereocenters. The lowest BCUT2D eigenvalue weighted by Gasteiger charge is -2.13. The highest BCUT2D eigenvalue weighted by molar-refractivity contribution is 5.77. The molecule has 1 heterocycles. The van der Waals surface area contributed by atoms with Gasteiger partial charge in [0.1, 0.15) is 6.04 Å². The van der Waals surface area contributed by atoms with E-state index in [-0.39, 0.29) is 5.97 Å². The first-order valence-corrected chi connectivity index (χ1v) is 4.98. The fourth-order valence-corrected chi connectivity index (χ4v) is 1.33. The maximum atomic E-state index is 11.5. The van der Waals surface area contributed by atoms with Crippen LogP contribution in [-0.4, -0.2) is 29.4 Å². The Bertz CT molecular complexity index is 322. The summed E-state index contributed by atoms with van der Waals surface area (Å²) in [5.74, 6) is -0.281. The normalized spacial score (nSPS) is 12.5. The minimum Gasteiger partial charge on any atom is -0.468 e. The highest BCUT2D eigenvalue weighted by Crippen LogP contribution is 2.13. The number of aromatic nitrogens is 2. The van der Waals surface area contributed by atoms with Gasteiger partial charge in [-0.25, -0.2) is 4.79 Å². The topological polar surface area (TPSA) is 56.1 Å². The number of methoxy groups -OCH3 is 1. The highest BCUT2D eigenvalue weighted by Gasteiger charge is 2.21. The van der Waals surface area contributed by atoms with Gasteiger partial charge in [-0.05, 0) is 13.0 Å². The molecule has 0 spiro atoms. The first-order valence-electron chi connectivity index (χ1n) is 4.98. The van der Waals surface area contributed by atoms with Gasteiger partial charge in [0.05, 0.1) is 13.3 Å². The van der Waals surface area contributed by atoms with Crippen molar-refractivity contribution in [3.63, 3.8) is 0 Å². The van der Waals surface area contributed by atoms with E-state index < -0.39 is 6.04 Å². The summed E-state index contributed by atoms with van der Waals surface area (Å²) in [5.41, 5.74) is 0.831. The third-order valence-corrected chi connectivity index (χ3v) is 2.09. The predicted octanol–water partition coefficient (Wildman–Crippen LogP) is 0.634. The highest BCUT2D eigenvalue weighted by atomic mass is 16.5. The molecule has 0 aromatic carbocycles. The van der Waals surface area contributed by atoms with Crippen LogP contribution in [0, 0.1) is 0 Å². The molecule has 1 rings (SSSR count). The number of nitrogens with zero attached hydrogens (tertiary/aromatic N) is 2. The van der Waals surface area contributed by atoms with Crippen LogP contribution in [0.25, 0.3) is 0 Å². The molecule has 0 aliphatic carbocycles. The van der Waals surface area contributed by atoms with Gasteiger partial charge in [-0.2, -0.15) is 5.10 Å². The summed E-state index contributed by atoms with van der Waals surface area (Å²) < 4.78 is 6.40. The summed E-state index contributed by atoms with van der Waals surface area (Å²) in [5, 5.41) is 7.15. The van der Waals surface area contributed by atoms with Crippen LogP contribution in [0.2, 0.25) is 0 Å². The Hall–Kier alpha value is -1.36. The van der Waals surface area contributed by atoms with Gasteiger partial charge in [-0.3, -0.25) is 4.68 Å². The number of nitrogens with one attached hydrogen (secondary N) is 1. The van der Waals surface area contributed by atoms with Gasteiger partial charge in [-0.1, -0.05) is 6.92 Å². The van der Waals surface area contributed by atoms with Gasteiger partial charge in [0.25, 0.3) is 0 Å². The van der Waals surface area contributed by atoms with Crippen LogP contribution in [0.5, 0.6) is 0 Å². The van der Waals surface area contributed by atoms with Crippen molar-refractivity contribution < 1.29 is 9.53 Å². The largest absolute Gasteiger partial charge is 0.468 e. The fraction of sp³-hybridized carbons (Fsp3) is 0.600. The van der Waals surface area contributed by atoms with Gasteiger partial charge >= 0.3 is 5.97 Å². The molecule has 0 radical (unpaired) electrons. The molecule has 0 aliphatic heterocycles. The number of ether oxygens (including phenoxy) is 1. The van der Waals surface area contributed by atoms with Gasteiger partial charge in [0, 0.05) is 18.8 Å². The van der Waals surface area contributed by atoms with E-state index in [2.05, 4.69) is 10.4 Å². The maximum Gasteiger partial charge on any atom is 0.327 e. The summed E-state index contributed by atoms with van der Waals surface area (Å²) in [6, 6.07) is -0.413. The Morgan fingerprint density at radius 3 is 2.93 bits per heavy atom. The van der Waals surface area contributed by atoms with Gasteiger partial charge in [0.15, 0.2) is 0 Å². The van der Waals surface area contributed by atoms with E-state index in [1.807, 2.05) is 20.2 Å². The smallest absolute Gasteiger partial charge is 0.327 e. The SMILES string of the molecule is CCCN[C@@H](C(=O)OC)c1cnn(C)c1. The quantitative estimate of drug-likeness (QED) is 0.726. The van der Waals surface area contributed by atoms with Gasteiger partial charge < -0.3 is 10.1 Å². The second-order valence-corrected chi connectivity index (χ2v) is 3.36. The van der Waals surface area contributed by atoms with Crippen LogP contribution in [0.15, 0.2) is 12.4 Å². The lowest BCUT2D eigenvalue weighted by molar-refractivity contribution is -0.143. The molecule has 0 aliphatic rings. The fourth-order valence-electron chi connectivity index (χ4n) is 1.33. The molecule has 5 nitrogen and oxygen atoms in total. The van der Waals surface area contributed by atoms with Crippen LogP contribution >= 0.6 is 0 Å². The van der Waals surface area contributed by atoms with E-state index in [1.54, 1.807) is 10.9 Å². The first-order chi connectivity index (χ1) is 7.19. The summed E-state index contributed by atoms with van der Waals surface area (Å²) >= 11 is 0. The Kier molecular flexibility index (Phi) is 4.30. The molecule has 5 heteroatoms. The third kappa shape index (κ3) is 3.06. The Balaban J connectivity index is 2.76. The van der Waals surface area contributed by atoms with E-state index in [9.17, 15) is 4.79 Å². The van der Waals surface area contributed by atoms with Crippen molar-refractivity contribution in [3.05, 3.63) is 18.0 Å². The molecule has 1 aromatic heterocycles. The molecule has 1 aromatic rings. The molecule has 0 bridgehead atoms. The number of esters is 1. The number of aryl methyl sites for hydroxylation is 1. The summed E-state index contributed by atoms with van der Waals surface area (Å²) in [6.07, 6.45) is 4.45. The molecule has 1 N–H and O–H groups in total. The third-order valence-electron chi connectivity index (χ3n) is 2.09. The van der Waals surface area contributed by atoms with E-state index in [1.165, 1.54) is 7.11 Å². The van der Waals surface area contributed by atoms with E-state index >= 15 is 0 Å². The van der Waals surface area contributed by atoms with Crippen molar-refractivity contribution in [1.29, 1.82) is 0 Å². The van der Waals surface area contributed by atoms with Crippen molar-refractivity contribution >= 4 is 5.97 Å². The van der Waals surface area contributed by atoms with Crippen LogP contribution < -0.4 is 5.32 Å². The molecular formula is C10H17N3O2. The lowest BCUT2D eigenvalue weighted by Crippen LogP contribution is -2.29. The molecular weight excluding hydrogens is 194 g/mol.